The van der Waals surface area contributed by atoms with Crippen molar-refractivity contribution in [3.05, 3.63) is 89.5 Å². The molecule has 5 nitrogen and oxygen atoms in total. The Balaban J connectivity index is 1.55. The molecule has 3 aromatic carbocycles. The van der Waals surface area contributed by atoms with Crippen LogP contribution in [0.15, 0.2) is 77.7 Å². The molecule has 4 rings (SSSR count). The third kappa shape index (κ3) is 3.89. The van der Waals surface area contributed by atoms with Crippen LogP contribution in [0.25, 0.3) is 0 Å². The SMILES string of the molecule is Cc1ccc(C(=O)Nc2ccc(S(=O)(=O)N3CCCc4ccccc43)cc2)cc1. The molecule has 0 spiro atoms. The van der Waals surface area contributed by atoms with Crippen molar-refractivity contribution in [1.82, 2.24) is 0 Å². The Kier molecular flexibility index (Phi) is 5.11. The fraction of sp³-hybridized carbons (Fsp3) is 0.174. The molecule has 0 saturated carbocycles. The number of nitrogens with one attached hydrogen (secondary N) is 1. The minimum atomic E-state index is -3.66. The summed E-state index contributed by atoms with van der Waals surface area (Å²) in [7, 11) is -3.66. The molecule has 0 unspecified atom stereocenters. The molecule has 0 aromatic heterocycles. The van der Waals surface area contributed by atoms with E-state index < -0.39 is 10.0 Å². The number of hydrogen-bond donors (Lipinski definition) is 1. The highest BCUT2D eigenvalue weighted by molar-refractivity contribution is 7.92. The number of fused-ring (bicyclic) bond motifs is 1. The van der Waals surface area contributed by atoms with Crippen LogP contribution in [0.2, 0.25) is 0 Å². The van der Waals surface area contributed by atoms with Crippen molar-refractivity contribution in [1.29, 1.82) is 0 Å². The predicted octanol–water partition coefficient (Wildman–Crippen LogP) is 4.39. The van der Waals surface area contributed by atoms with Crippen molar-refractivity contribution in [2.24, 2.45) is 0 Å². The van der Waals surface area contributed by atoms with Gasteiger partial charge in [0.25, 0.3) is 15.9 Å². The first-order chi connectivity index (χ1) is 13.9. The number of para-hydroxylation sites is 1. The number of carbonyl (C=O) groups is 1. The van der Waals surface area contributed by atoms with E-state index in [0.717, 1.165) is 29.7 Å². The van der Waals surface area contributed by atoms with E-state index in [4.69, 9.17) is 0 Å². The lowest BCUT2D eigenvalue weighted by Gasteiger charge is -2.30. The molecule has 3 aromatic rings. The summed E-state index contributed by atoms with van der Waals surface area (Å²) in [6.45, 7) is 2.42. The minimum absolute atomic E-state index is 0.211. The van der Waals surface area contributed by atoms with Crippen LogP contribution in [-0.2, 0) is 16.4 Å². The number of anilines is 2. The zero-order valence-corrected chi connectivity index (χ0v) is 16.9. The van der Waals surface area contributed by atoms with Gasteiger partial charge in [0.1, 0.15) is 0 Å². The maximum atomic E-state index is 13.2. The van der Waals surface area contributed by atoms with Crippen LogP contribution in [0.5, 0.6) is 0 Å². The Morgan fingerprint density at radius 1 is 0.931 bits per heavy atom. The maximum Gasteiger partial charge on any atom is 0.264 e. The number of amides is 1. The summed E-state index contributed by atoms with van der Waals surface area (Å²) in [6, 6.07) is 21.2. The Morgan fingerprint density at radius 2 is 1.62 bits per heavy atom. The topological polar surface area (TPSA) is 66.5 Å². The van der Waals surface area contributed by atoms with Gasteiger partial charge in [-0.15, -0.1) is 0 Å². The molecule has 0 aliphatic carbocycles. The molecular formula is C23H22N2O3S. The number of hydrogen-bond acceptors (Lipinski definition) is 3. The Bertz CT molecular complexity index is 1140. The zero-order chi connectivity index (χ0) is 20.4. The van der Waals surface area contributed by atoms with Crippen molar-refractivity contribution >= 4 is 27.3 Å². The smallest absolute Gasteiger partial charge is 0.264 e. The molecule has 0 fully saturated rings. The number of nitrogens with zero attached hydrogens (tertiary/aromatic N) is 1. The standard InChI is InChI=1S/C23H22N2O3S/c1-17-8-10-19(11-9-17)23(26)24-20-12-14-21(15-13-20)29(27,28)25-16-4-6-18-5-2-3-7-22(18)25/h2-3,5,7-15H,4,6,16H2,1H3,(H,24,26). The van der Waals surface area contributed by atoms with Gasteiger partial charge in [-0.25, -0.2) is 8.42 Å². The van der Waals surface area contributed by atoms with Gasteiger partial charge in [-0.2, -0.15) is 0 Å². The lowest BCUT2D eigenvalue weighted by molar-refractivity contribution is 0.102. The molecule has 0 atom stereocenters. The van der Waals surface area contributed by atoms with E-state index in [0.29, 0.717) is 17.8 Å². The molecule has 6 heteroatoms. The van der Waals surface area contributed by atoms with Crippen LogP contribution in [0.3, 0.4) is 0 Å². The van der Waals surface area contributed by atoms with Gasteiger partial charge in [0.2, 0.25) is 0 Å². The van der Waals surface area contributed by atoms with Gasteiger partial charge in [0.05, 0.1) is 10.6 Å². The molecular weight excluding hydrogens is 384 g/mol. The van der Waals surface area contributed by atoms with Crippen LogP contribution >= 0.6 is 0 Å². The number of carbonyl (C=O) groups excluding carboxylic acids is 1. The van der Waals surface area contributed by atoms with Crippen LogP contribution in [-0.4, -0.2) is 20.9 Å². The molecule has 1 N–H and O–H groups in total. The predicted molar refractivity (Wildman–Crippen MR) is 115 cm³/mol. The lowest BCUT2D eigenvalue weighted by atomic mass is 10.0. The summed E-state index contributed by atoms with van der Waals surface area (Å²) in [5.41, 5.74) is 3.97. The van der Waals surface area contributed by atoms with Gasteiger partial charge < -0.3 is 5.32 Å². The summed E-state index contributed by atoms with van der Waals surface area (Å²) in [5, 5.41) is 2.80. The fourth-order valence-corrected chi connectivity index (χ4v) is 5.04. The second kappa shape index (κ2) is 7.72. The first-order valence-electron chi connectivity index (χ1n) is 9.54. The van der Waals surface area contributed by atoms with Gasteiger partial charge >= 0.3 is 0 Å². The van der Waals surface area contributed by atoms with Gasteiger partial charge in [-0.05, 0) is 67.8 Å². The summed E-state index contributed by atoms with van der Waals surface area (Å²) < 4.78 is 27.8. The van der Waals surface area contributed by atoms with Gasteiger partial charge in [0.15, 0.2) is 0 Å². The van der Waals surface area contributed by atoms with E-state index in [1.165, 1.54) is 16.4 Å². The highest BCUT2D eigenvalue weighted by Crippen LogP contribution is 2.32. The second-order valence-electron chi connectivity index (χ2n) is 7.15. The first kappa shape index (κ1) is 19.2. The molecule has 1 heterocycles. The third-order valence-corrected chi connectivity index (χ3v) is 6.91. The quantitative estimate of drug-likeness (QED) is 0.699. The molecule has 0 saturated heterocycles. The zero-order valence-electron chi connectivity index (χ0n) is 16.1. The maximum absolute atomic E-state index is 13.2. The minimum Gasteiger partial charge on any atom is -0.322 e. The summed E-state index contributed by atoms with van der Waals surface area (Å²) in [5.74, 6) is -0.231. The molecule has 0 radical (unpaired) electrons. The second-order valence-corrected chi connectivity index (χ2v) is 9.02. The highest BCUT2D eigenvalue weighted by atomic mass is 32.2. The van der Waals surface area contributed by atoms with E-state index in [1.807, 2.05) is 43.3 Å². The first-order valence-corrected chi connectivity index (χ1v) is 11.0. The van der Waals surface area contributed by atoms with E-state index in [2.05, 4.69) is 5.32 Å². The van der Waals surface area contributed by atoms with Crippen molar-refractivity contribution < 1.29 is 13.2 Å². The largest absolute Gasteiger partial charge is 0.322 e. The fourth-order valence-electron chi connectivity index (χ4n) is 3.49. The number of rotatable bonds is 4. The lowest BCUT2D eigenvalue weighted by Crippen LogP contribution is -2.35. The van der Waals surface area contributed by atoms with E-state index in [9.17, 15) is 13.2 Å². The number of benzene rings is 3. The molecule has 29 heavy (non-hydrogen) atoms. The van der Waals surface area contributed by atoms with E-state index in [1.54, 1.807) is 24.3 Å². The Hall–Kier alpha value is -3.12. The normalized spacial score (nSPS) is 13.6. The molecule has 0 bridgehead atoms. The molecule has 1 amide bonds. The molecule has 1 aliphatic heterocycles. The van der Waals surface area contributed by atoms with Crippen molar-refractivity contribution in [2.45, 2.75) is 24.7 Å². The van der Waals surface area contributed by atoms with E-state index in [-0.39, 0.29) is 10.8 Å². The average molecular weight is 407 g/mol. The van der Waals surface area contributed by atoms with Crippen molar-refractivity contribution in [3.8, 4) is 0 Å². The van der Waals surface area contributed by atoms with Crippen molar-refractivity contribution in [3.63, 3.8) is 0 Å². The number of sulfonamides is 1. The Morgan fingerprint density at radius 3 is 2.34 bits per heavy atom. The highest BCUT2D eigenvalue weighted by Gasteiger charge is 2.28. The van der Waals surface area contributed by atoms with Crippen LogP contribution < -0.4 is 9.62 Å². The van der Waals surface area contributed by atoms with Crippen molar-refractivity contribution in [2.75, 3.05) is 16.2 Å². The van der Waals surface area contributed by atoms with Crippen LogP contribution in [0.1, 0.15) is 27.9 Å². The number of aryl methyl sites for hydroxylation is 2. The van der Waals surface area contributed by atoms with Gasteiger partial charge in [-0.1, -0.05) is 35.9 Å². The summed E-state index contributed by atoms with van der Waals surface area (Å²) in [6.07, 6.45) is 1.67. The monoisotopic (exact) mass is 406 g/mol. The van der Waals surface area contributed by atoms with Crippen LogP contribution in [0.4, 0.5) is 11.4 Å². The van der Waals surface area contributed by atoms with E-state index >= 15 is 0 Å². The van der Waals surface area contributed by atoms with Gasteiger partial charge in [0, 0.05) is 17.8 Å². The summed E-state index contributed by atoms with van der Waals surface area (Å²) >= 11 is 0. The van der Waals surface area contributed by atoms with Gasteiger partial charge in [-0.3, -0.25) is 9.10 Å². The average Bonchev–Trinajstić information content (AvgIpc) is 2.74. The third-order valence-electron chi connectivity index (χ3n) is 5.08. The molecule has 148 valence electrons. The Labute approximate surface area is 171 Å². The molecule has 1 aliphatic rings. The summed E-state index contributed by atoms with van der Waals surface area (Å²) in [4.78, 5) is 12.6. The van der Waals surface area contributed by atoms with Crippen LogP contribution in [0, 0.1) is 6.92 Å².